The summed E-state index contributed by atoms with van der Waals surface area (Å²) in [5, 5.41) is 0. The maximum Gasteiger partial charge on any atom is 0.456 e. The molecule has 0 aliphatic rings. The zero-order valence-corrected chi connectivity index (χ0v) is 6.43. The van der Waals surface area contributed by atoms with Gasteiger partial charge in [-0.2, -0.15) is 35.1 Å². The predicted octanol–water partition coefficient (Wildman–Crippen LogP) is 3.42. The summed E-state index contributed by atoms with van der Waals surface area (Å²) in [4.78, 5) is 0. The zero-order chi connectivity index (χ0) is 12.7. The van der Waals surface area contributed by atoms with Crippen molar-refractivity contribution in [1.82, 2.24) is 0 Å². The van der Waals surface area contributed by atoms with Gasteiger partial charge < -0.3 is 0 Å². The summed E-state index contributed by atoms with van der Waals surface area (Å²) < 4.78 is 115. The third-order valence-electron chi connectivity index (χ3n) is 1.29. The van der Waals surface area contributed by atoms with E-state index in [0.29, 0.717) is 0 Å². The van der Waals surface area contributed by atoms with E-state index in [9.17, 15) is 43.9 Å². The maximum atomic E-state index is 12.0. The van der Waals surface area contributed by atoms with Gasteiger partial charge >= 0.3 is 18.3 Å². The minimum absolute atomic E-state index is 4.89. The van der Waals surface area contributed by atoms with Gasteiger partial charge in [0.05, 0.1) is 0 Å². The lowest BCUT2D eigenvalue weighted by Crippen LogP contribution is -2.52. The molecule has 0 aliphatic heterocycles. The van der Waals surface area contributed by atoms with Crippen LogP contribution in [0.2, 0.25) is 0 Å². The summed E-state index contributed by atoms with van der Waals surface area (Å²) in [5.41, 5.74) is 0. The van der Waals surface area contributed by atoms with Crippen LogP contribution >= 0.6 is 0 Å². The predicted molar refractivity (Wildman–Crippen MR) is 26.8 cm³/mol. The van der Waals surface area contributed by atoms with Gasteiger partial charge in [0.15, 0.2) is 0 Å². The number of halogens is 10. The normalized spacial score (nSPS) is 18.8. The first kappa shape index (κ1) is 14.3. The summed E-state index contributed by atoms with van der Waals surface area (Å²) in [5.74, 6) is -6.39. The molecule has 2 atom stereocenters. The SMILES string of the molecule is F[C@H]([C@@H](F)C(F)(F)C(F)(F)F)C(F)(F)F. The summed E-state index contributed by atoms with van der Waals surface area (Å²) >= 11 is 0. The number of alkyl halides is 10. The Hall–Kier alpha value is -0.700. The van der Waals surface area contributed by atoms with Gasteiger partial charge in [-0.1, -0.05) is 0 Å². The van der Waals surface area contributed by atoms with Gasteiger partial charge in [-0.25, -0.2) is 8.78 Å². The first-order valence-electron chi connectivity index (χ1n) is 3.11. The van der Waals surface area contributed by atoms with Gasteiger partial charge in [-0.15, -0.1) is 0 Å². The van der Waals surface area contributed by atoms with Gasteiger partial charge in [0.25, 0.3) is 0 Å². The molecular formula is C5H2F10. The molecule has 0 aromatic carbocycles. The molecule has 0 aromatic rings. The first-order chi connectivity index (χ1) is 6.32. The number of hydrogen-bond donors (Lipinski definition) is 0. The van der Waals surface area contributed by atoms with E-state index >= 15 is 0 Å². The highest BCUT2D eigenvalue weighted by molar-refractivity contribution is 4.91. The van der Waals surface area contributed by atoms with E-state index in [1.54, 1.807) is 0 Å². The molecule has 0 saturated heterocycles. The molecule has 0 radical (unpaired) electrons. The monoisotopic (exact) mass is 252 g/mol. The quantitative estimate of drug-likeness (QED) is 0.660. The molecule has 0 amide bonds. The first-order valence-corrected chi connectivity index (χ1v) is 3.11. The van der Waals surface area contributed by atoms with Crippen LogP contribution in [0.4, 0.5) is 43.9 Å². The lowest BCUT2D eigenvalue weighted by Gasteiger charge is -2.26. The Bertz CT molecular complexity index is 211. The van der Waals surface area contributed by atoms with E-state index in [1.165, 1.54) is 0 Å². The molecule has 0 aliphatic carbocycles. The molecule has 0 saturated carbocycles. The minimum Gasteiger partial charge on any atom is -0.237 e. The molecule has 92 valence electrons. The van der Waals surface area contributed by atoms with Crippen molar-refractivity contribution in [3.05, 3.63) is 0 Å². The molecule has 0 bridgehead atoms. The van der Waals surface area contributed by atoms with Crippen molar-refractivity contribution >= 4 is 0 Å². The van der Waals surface area contributed by atoms with E-state index in [2.05, 4.69) is 0 Å². The average Bonchev–Trinajstić information content (AvgIpc) is 1.97. The van der Waals surface area contributed by atoms with Gasteiger partial charge in [-0.05, 0) is 0 Å². The lowest BCUT2D eigenvalue weighted by atomic mass is 10.1. The fourth-order valence-electron chi connectivity index (χ4n) is 0.506. The van der Waals surface area contributed by atoms with Gasteiger partial charge in [0.1, 0.15) is 0 Å². The largest absolute Gasteiger partial charge is 0.456 e. The van der Waals surface area contributed by atoms with Crippen LogP contribution < -0.4 is 0 Å². The molecule has 10 heteroatoms. The Labute approximate surface area is 75.9 Å². The Morgan fingerprint density at radius 2 is 0.933 bits per heavy atom. The third-order valence-corrected chi connectivity index (χ3v) is 1.29. The summed E-state index contributed by atoms with van der Waals surface area (Å²) in [6, 6.07) is 0. The van der Waals surface area contributed by atoms with Crippen molar-refractivity contribution in [2.75, 3.05) is 0 Å². The van der Waals surface area contributed by atoms with Crippen LogP contribution in [-0.2, 0) is 0 Å². The van der Waals surface area contributed by atoms with Crippen LogP contribution in [-0.4, -0.2) is 30.6 Å². The summed E-state index contributed by atoms with van der Waals surface area (Å²) in [6.07, 6.45) is -22.6. The Morgan fingerprint density at radius 1 is 0.600 bits per heavy atom. The Balaban J connectivity index is 4.94. The maximum absolute atomic E-state index is 12.0. The fraction of sp³-hybridized carbons (Fsp3) is 1.00. The van der Waals surface area contributed by atoms with E-state index in [1.807, 2.05) is 0 Å². The van der Waals surface area contributed by atoms with Crippen molar-refractivity contribution in [2.24, 2.45) is 0 Å². The van der Waals surface area contributed by atoms with Gasteiger partial charge in [0.2, 0.25) is 12.3 Å². The minimum atomic E-state index is -6.58. The molecule has 0 fully saturated rings. The van der Waals surface area contributed by atoms with E-state index in [4.69, 9.17) is 0 Å². The second kappa shape index (κ2) is 3.71. The van der Waals surface area contributed by atoms with Gasteiger partial charge in [-0.3, -0.25) is 0 Å². The van der Waals surface area contributed by atoms with Crippen LogP contribution in [0.3, 0.4) is 0 Å². The van der Waals surface area contributed by atoms with Crippen LogP contribution in [0.15, 0.2) is 0 Å². The second-order valence-corrected chi connectivity index (χ2v) is 2.47. The van der Waals surface area contributed by atoms with E-state index in [-0.39, 0.29) is 0 Å². The zero-order valence-electron chi connectivity index (χ0n) is 6.43. The lowest BCUT2D eigenvalue weighted by molar-refractivity contribution is -0.324. The average molecular weight is 252 g/mol. The molecular weight excluding hydrogens is 250 g/mol. The van der Waals surface area contributed by atoms with Gasteiger partial charge in [0, 0.05) is 0 Å². The van der Waals surface area contributed by atoms with Crippen LogP contribution in [0.25, 0.3) is 0 Å². The molecule has 0 N–H and O–H groups in total. The van der Waals surface area contributed by atoms with E-state index in [0.717, 1.165) is 0 Å². The smallest absolute Gasteiger partial charge is 0.237 e. The third kappa shape index (κ3) is 2.88. The second-order valence-electron chi connectivity index (χ2n) is 2.47. The Morgan fingerprint density at radius 3 is 1.13 bits per heavy atom. The highest BCUT2D eigenvalue weighted by Gasteiger charge is 2.69. The standard InChI is InChI=1S/C5H2F10/c6-1(2(7)4(10,11)12)3(8,9)5(13,14)15/h1-2H/t1-,2-/m1/s1. The molecule has 15 heavy (non-hydrogen) atoms. The molecule has 0 spiro atoms. The number of hydrogen-bond acceptors (Lipinski definition) is 0. The molecule has 0 nitrogen and oxygen atoms in total. The highest BCUT2D eigenvalue weighted by Crippen LogP contribution is 2.43. The topological polar surface area (TPSA) is 0 Å². The fourth-order valence-corrected chi connectivity index (χ4v) is 0.506. The molecule has 0 aromatic heterocycles. The van der Waals surface area contributed by atoms with Crippen molar-refractivity contribution in [3.8, 4) is 0 Å². The van der Waals surface area contributed by atoms with Crippen molar-refractivity contribution in [1.29, 1.82) is 0 Å². The van der Waals surface area contributed by atoms with Crippen molar-refractivity contribution in [3.63, 3.8) is 0 Å². The van der Waals surface area contributed by atoms with Crippen molar-refractivity contribution < 1.29 is 43.9 Å². The molecule has 0 rings (SSSR count). The van der Waals surface area contributed by atoms with E-state index < -0.39 is 30.6 Å². The summed E-state index contributed by atoms with van der Waals surface area (Å²) in [6.45, 7) is 0. The summed E-state index contributed by atoms with van der Waals surface area (Å²) in [7, 11) is 0. The Kier molecular flexibility index (Phi) is 3.53. The number of rotatable bonds is 2. The van der Waals surface area contributed by atoms with Crippen LogP contribution in [0.1, 0.15) is 0 Å². The molecule has 0 unspecified atom stereocenters. The van der Waals surface area contributed by atoms with Crippen LogP contribution in [0.5, 0.6) is 0 Å². The molecule has 0 heterocycles. The highest BCUT2D eigenvalue weighted by atomic mass is 19.4. The van der Waals surface area contributed by atoms with Crippen molar-refractivity contribution in [2.45, 2.75) is 30.6 Å². The van der Waals surface area contributed by atoms with Crippen LogP contribution in [0, 0.1) is 0 Å².